The van der Waals surface area contributed by atoms with Crippen molar-refractivity contribution in [3.05, 3.63) is 83.0 Å². The van der Waals surface area contributed by atoms with Gasteiger partial charge in [0.2, 0.25) is 0 Å². The Morgan fingerprint density at radius 2 is 1.46 bits per heavy atom. The molecular weight excluding hydrogens is 374 g/mol. The number of fused-ring (bicyclic) bond motifs is 1. The second-order valence-electron chi connectivity index (χ2n) is 6.34. The highest BCUT2D eigenvalue weighted by molar-refractivity contribution is 7.99. The van der Waals surface area contributed by atoms with Gasteiger partial charge in [0.05, 0.1) is 25.5 Å². The molecule has 0 spiro atoms. The minimum absolute atomic E-state index is 0.0479. The Balaban J connectivity index is 2.05. The summed E-state index contributed by atoms with van der Waals surface area (Å²) in [5.74, 6) is -0.473. The number of ether oxygens (including phenoxy) is 2. The van der Waals surface area contributed by atoms with Crippen LogP contribution in [0, 0.1) is 0 Å². The van der Waals surface area contributed by atoms with Crippen LogP contribution < -0.4 is 0 Å². The summed E-state index contributed by atoms with van der Waals surface area (Å²) in [6.07, 6.45) is 0. The summed E-state index contributed by atoms with van der Waals surface area (Å²) in [5.41, 5.74) is 3.97. The lowest BCUT2D eigenvalue weighted by Crippen LogP contribution is -2.12. The van der Waals surface area contributed by atoms with Crippen molar-refractivity contribution in [2.45, 2.75) is 11.1 Å². The second kappa shape index (κ2) is 7.56. The van der Waals surface area contributed by atoms with Crippen molar-refractivity contribution >= 4 is 23.7 Å². The molecule has 0 saturated carbocycles. The quantitative estimate of drug-likeness (QED) is 0.610. The zero-order chi connectivity index (χ0) is 19.7. The van der Waals surface area contributed by atoms with E-state index >= 15 is 0 Å². The second-order valence-corrected chi connectivity index (χ2v) is 7.41. The van der Waals surface area contributed by atoms with Crippen molar-refractivity contribution < 1.29 is 19.1 Å². The molecule has 1 aromatic heterocycles. The number of carbonyl (C=O) groups excluding carboxylic acids is 2. The molecule has 1 atom stereocenters. The number of aromatic nitrogens is 1. The highest BCUT2D eigenvalue weighted by Crippen LogP contribution is 2.48. The Kier molecular flexibility index (Phi) is 4.96. The summed E-state index contributed by atoms with van der Waals surface area (Å²) in [6, 6.07) is 19.7. The van der Waals surface area contributed by atoms with Gasteiger partial charge in [0.1, 0.15) is 10.9 Å². The molecule has 0 fully saturated rings. The van der Waals surface area contributed by atoms with Gasteiger partial charge < -0.3 is 14.0 Å². The molecule has 0 radical (unpaired) electrons. The lowest BCUT2D eigenvalue weighted by molar-refractivity contribution is 0.0556. The summed E-state index contributed by atoms with van der Waals surface area (Å²) in [7, 11) is 2.65. The lowest BCUT2D eigenvalue weighted by Gasteiger charge is -2.18. The zero-order valence-electron chi connectivity index (χ0n) is 15.5. The average Bonchev–Trinajstić information content (AvgIpc) is 3.31. The van der Waals surface area contributed by atoms with Crippen molar-refractivity contribution in [3.63, 3.8) is 0 Å². The van der Waals surface area contributed by atoms with Gasteiger partial charge >= 0.3 is 11.9 Å². The van der Waals surface area contributed by atoms with E-state index in [2.05, 4.69) is 16.7 Å². The first-order valence-corrected chi connectivity index (χ1v) is 9.88. The summed E-state index contributed by atoms with van der Waals surface area (Å²) in [5, 5.41) is -0.0479. The van der Waals surface area contributed by atoms with Gasteiger partial charge in [-0.25, -0.2) is 9.59 Å². The zero-order valence-corrected chi connectivity index (χ0v) is 16.4. The smallest absolute Gasteiger partial charge is 0.340 e. The Hall–Kier alpha value is -2.99. The van der Waals surface area contributed by atoms with Crippen LogP contribution in [-0.4, -0.2) is 30.7 Å². The fraction of sp³-hybridized carbons (Fsp3) is 0.182. The number of methoxy groups -OCH3 is 2. The fourth-order valence-corrected chi connectivity index (χ4v) is 4.97. The average molecular weight is 393 g/mol. The Bertz CT molecular complexity index is 1030. The summed E-state index contributed by atoms with van der Waals surface area (Å²) in [4.78, 5) is 25.4. The number of nitrogens with zero attached hydrogens (tertiary/aromatic N) is 1. The van der Waals surface area contributed by atoms with Gasteiger partial charge in [-0.1, -0.05) is 60.7 Å². The molecule has 6 heteroatoms. The van der Waals surface area contributed by atoms with Gasteiger partial charge in [-0.05, 0) is 11.1 Å². The van der Waals surface area contributed by atoms with Gasteiger partial charge in [-0.3, -0.25) is 0 Å². The van der Waals surface area contributed by atoms with E-state index in [1.54, 1.807) is 11.8 Å². The minimum atomic E-state index is -0.544. The highest BCUT2D eigenvalue weighted by Gasteiger charge is 2.39. The van der Waals surface area contributed by atoms with Crippen molar-refractivity contribution in [1.29, 1.82) is 0 Å². The topological polar surface area (TPSA) is 57.5 Å². The molecule has 142 valence electrons. The molecular formula is C22H19NO4S. The van der Waals surface area contributed by atoms with E-state index < -0.39 is 11.9 Å². The van der Waals surface area contributed by atoms with E-state index in [9.17, 15) is 9.59 Å². The van der Waals surface area contributed by atoms with Crippen LogP contribution in [0.15, 0.2) is 60.7 Å². The highest BCUT2D eigenvalue weighted by atomic mass is 32.2. The predicted octanol–water partition coefficient (Wildman–Crippen LogP) is 4.52. The third-order valence-electron chi connectivity index (χ3n) is 4.83. The van der Waals surface area contributed by atoms with Crippen molar-refractivity contribution in [1.82, 2.24) is 4.57 Å². The van der Waals surface area contributed by atoms with Crippen LogP contribution in [0.5, 0.6) is 0 Å². The molecule has 0 aliphatic carbocycles. The van der Waals surface area contributed by atoms with Crippen LogP contribution in [-0.2, 0) is 15.2 Å². The Morgan fingerprint density at radius 3 is 2.07 bits per heavy atom. The normalized spacial score (nSPS) is 15.1. The number of carbonyl (C=O) groups is 2. The van der Waals surface area contributed by atoms with Crippen molar-refractivity contribution in [2.24, 2.45) is 0 Å². The molecule has 1 aliphatic heterocycles. The molecule has 0 saturated heterocycles. The van der Waals surface area contributed by atoms with Crippen LogP contribution in [0.4, 0.5) is 0 Å². The van der Waals surface area contributed by atoms with E-state index in [1.807, 2.05) is 48.5 Å². The number of benzene rings is 2. The van der Waals surface area contributed by atoms with Crippen LogP contribution in [0.25, 0.3) is 11.3 Å². The Morgan fingerprint density at radius 1 is 0.893 bits per heavy atom. The molecule has 5 nitrogen and oxygen atoms in total. The number of esters is 2. The molecule has 1 aliphatic rings. The van der Waals surface area contributed by atoms with E-state index in [4.69, 9.17) is 9.47 Å². The third-order valence-corrected chi connectivity index (χ3v) is 6.07. The number of thioether (sulfide) groups is 1. The SMILES string of the molecule is COC(=O)c1c(C(=O)OC)c(-c2ccccc2)n2c1CS[C@@H]2c1ccccc1. The van der Waals surface area contributed by atoms with E-state index in [0.717, 1.165) is 16.8 Å². The minimum Gasteiger partial charge on any atom is -0.465 e. The van der Waals surface area contributed by atoms with Crippen molar-refractivity contribution in [2.75, 3.05) is 14.2 Å². The van der Waals surface area contributed by atoms with Gasteiger partial charge in [-0.15, -0.1) is 11.8 Å². The molecule has 2 aromatic carbocycles. The van der Waals surface area contributed by atoms with E-state index in [1.165, 1.54) is 14.2 Å². The van der Waals surface area contributed by atoms with E-state index in [0.29, 0.717) is 17.0 Å². The molecule has 0 bridgehead atoms. The maximum atomic E-state index is 12.7. The number of hydrogen-bond acceptors (Lipinski definition) is 5. The standard InChI is InChI=1S/C22H19NO4S/c1-26-21(24)17-16-13-28-20(15-11-7-4-8-12-15)23(16)19(18(17)22(25)27-2)14-9-5-3-6-10-14/h3-12,20H,13H2,1-2H3/t20-/m1/s1. The van der Waals surface area contributed by atoms with Crippen molar-refractivity contribution in [3.8, 4) is 11.3 Å². The molecule has 0 N–H and O–H groups in total. The fourth-order valence-electron chi connectivity index (χ4n) is 3.64. The first-order chi connectivity index (χ1) is 13.7. The molecule has 0 amide bonds. The Labute approximate surface area is 167 Å². The van der Waals surface area contributed by atoms with E-state index in [-0.39, 0.29) is 10.9 Å². The first-order valence-electron chi connectivity index (χ1n) is 8.83. The number of hydrogen-bond donors (Lipinski definition) is 0. The monoisotopic (exact) mass is 393 g/mol. The van der Waals surface area contributed by atoms with Crippen LogP contribution in [0.1, 0.15) is 37.3 Å². The molecule has 3 aromatic rings. The van der Waals surface area contributed by atoms with Crippen LogP contribution in [0.3, 0.4) is 0 Å². The predicted molar refractivity (Wildman–Crippen MR) is 108 cm³/mol. The summed E-state index contributed by atoms with van der Waals surface area (Å²) in [6.45, 7) is 0. The van der Waals surface area contributed by atoms with Gasteiger partial charge in [0.15, 0.2) is 0 Å². The molecule has 2 heterocycles. The summed E-state index contributed by atoms with van der Waals surface area (Å²) >= 11 is 1.71. The summed E-state index contributed by atoms with van der Waals surface area (Å²) < 4.78 is 12.1. The maximum Gasteiger partial charge on any atom is 0.340 e. The van der Waals surface area contributed by atoms with Gasteiger partial charge in [0, 0.05) is 11.4 Å². The molecule has 0 unspecified atom stereocenters. The van der Waals surface area contributed by atoms with Gasteiger partial charge in [-0.2, -0.15) is 0 Å². The first kappa shape index (κ1) is 18.4. The largest absolute Gasteiger partial charge is 0.465 e. The number of rotatable bonds is 4. The van der Waals surface area contributed by atoms with Gasteiger partial charge in [0.25, 0.3) is 0 Å². The third kappa shape index (κ3) is 2.90. The lowest BCUT2D eigenvalue weighted by atomic mass is 10.0. The maximum absolute atomic E-state index is 12.7. The van der Waals surface area contributed by atoms with Crippen LogP contribution in [0.2, 0.25) is 0 Å². The molecule has 28 heavy (non-hydrogen) atoms. The van der Waals surface area contributed by atoms with Crippen LogP contribution >= 0.6 is 11.8 Å². The molecule has 4 rings (SSSR count).